The van der Waals surface area contributed by atoms with E-state index in [4.69, 9.17) is 0 Å². The number of carbonyl (C=O) groups is 1. The van der Waals surface area contributed by atoms with Crippen LogP contribution in [0.15, 0.2) is 54.7 Å². The Morgan fingerprint density at radius 1 is 0.960 bits per heavy atom. The number of halogens is 1. The average Bonchev–Trinajstić information content (AvgIpc) is 2.68. The van der Waals surface area contributed by atoms with E-state index in [1.165, 1.54) is 18.6 Å². The second kappa shape index (κ2) is 6.63. The zero-order chi connectivity index (χ0) is 17.2. The number of carbonyl (C=O) groups excluding carboxylic acids is 1. The summed E-state index contributed by atoms with van der Waals surface area (Å²) in [5.41, 5.74) is 3.21. The first-order valence-electron chi connectivity index (χ1n) is 8.66. The maximum atomic E-state index is 13.3. The van der Waals surface area contributed by atoms with Gasteiger partial charge in [-0.15, -0.1) is 0 Å². The first-order valence-corrected chi connectivity index (χ1v) is 8.66. The number of rotatable bonds is 2. The van der Waals surface area contributed by atoms with E-state index in [1.807, 2.05) is 35.2 Å². The van der Waals surface area contributed by atoms with Crippen LogP contribution in [0.25, 0.3) is 22.0 Å². The lowest BCUT2D eigenvalue weighted by Crippen LogP contribution is -2.35. The van der Waals surface area contributed by atoms with Crippen LogP contribution in [0, 0.1) is 5.82 Å². The largest absolute Gasteiger partial charge is 0.339 e. The second-order valence-electron chi connectivity index (χ2n) is 6.49. The Morgan fingerprint density at radius 3 is 2.64 bits per heavy atom. The van der Waals surface area contributed by atoms with Gasteiger partial charge in [0.1, 0.15) is 5.82 Å². The number of benzene rings is 2. The third-order valence-corrected chi connectivity index (χ3v) is 4.73. The highest BCUT2D eigenvalue weighted by molar-refractivity contribution is 5.96. The minimum Gasteiger partial charge on any atom is -0.339 e. The van der Waals surface area contributed by atoms with E-state index in [0.717, 1.165) is 42.4 Å². The molecule has 0 radical (unpaired) electrons. The van der Waals surface area contributed by atoms with Gasteiger partial charge in [0.2, 0.25) is 0 Å². The molecule has 25 heavy (non-hydrogen) atoms. The molecule has 1 fully saturated rings. The lowest BCUT2D eigenvalue weighted by molar-refractivity contribution is 0.0724. The van der Waals surface area contributed by atoms with Gasteiger partial charge in [0.05, 0.1) is 5.52 Å². The van der Waals surface area contributed by atoms with Crippen LogP contribution in [-0.2, 0) is 0 Å². The van der Waals surface area contributed by atoms with Crippen molar-refractivity contribution in [2.75, 3.05) is 13.1 Å². The van der Waals surface area contributed by atoms with Gasteiger partial charge in [-0.1, -0.05) is 12.1 Å². The molecule has 126 valence electrons. The van der Waals surface area contributed by atoms with Crippen LogP contribution in [0.4, 0.5) is 4.39 Å². The zero-order valence-electron chi connectivity index (χ0n) is 13.9. The highest BCUT2D eigenvalue weighted by Crippen LogP contribution is 2.25. The molecule has 3 nitrogen and oxygen atoms in total. The van der Waals surface area contributed by atoms with Gasteiger partial charge in [-0.2, -0.15) is 0 Å². The standard InChI is InChI=1S/C21H19FN2O/c22-19-8-7-16-12-18(14-23-20(16)13-19)15-5-4-6-17(11-15)21(25)24-9-2-1-3-10-24/h4-8,11-14H,1-3,9-10H2. The van der Waals surface area contributed by atoms with Gasteiger partial charge in [0.15, 0.2) is 0 Å². The maximum absolute atomic E-state index is 13.3. The number of piperidine rings is 1. The molecule has 1 saturated heterocycles. The van der Waals surface area contributed by atoms with Crippen LogP contribution in [0.1, 0.15) is 29.6 Å². The van der Waals surface area contributed by atoms with Crippen molar-refractivity contribution < 1.29 is 9.18 Å². The molecule has 3 aromatic rings. The number of likely N-dealkylation sites (tertiary alicyclic amines) is 1. The highest BCUT2D eigenvalue weighted by atomic mass is 19.1. The van der Waals surface area contributed by atoms with Crippen molar-refractivity contribution in [2.45, 2.75) is 19.3 Å². The Kier molecular flexibility index (Phi) is 4.18. The van der Waals surface area contributed by atoms with Crippen molar-refractivity contribution in [3.63, 3.8) is 0 Å². The summed E-state index contributed by atoms with van der Waals surface area (Å²) < 4.78 is 13.3. The highest BCUT2D eigenvalue weighted by Gasteiger charge is 2.18. The average molecular weight is 334 g/mol. The minimum atomic E-state index is -0.290. The molecular weight excluding hydrogens is 315 g/mol. The van der Waals surface area contributed by atoms with Crippen LogP contribution in [0.2, 0.25) is 0 Å². The third kappa shape index (κ3) is 3.25. The maximum Gasteiger partial charge on any atom is 0.253 e. The molecule has 0 unspecified atom stereocenters. The number of nitrogens with zero attached hydrogens (tertiary/aromatic N) is 2. The number of hydrogen-bond donors (Lipinski definition) is 0. The summed E-state index contributed by atoms with van der Waals surface area (Å²) in [6.07, 6.45) is 5.09. The Hall–Kier alpha value is -2.75. The summed E-state index contributed by atoms with van der Waals surface area (Å²) in [4.78, 5) is 19.0. The molecule has 1 aliphatic heterocycles. The smallest absolute Gasteiger partial charge is 0.253 e. The van der Waals surface area contributed by atoms with Gasteiger partial charge in [0, 0.05) is 41.9 Å². The number of amides is 1. The SMILES string of the molecule is O=C(c1cccc(-c2cnc3cc(F)ccc3c2)c1)N1CCCCC1. The minimum absolute atomic E-state index is 0.0948. The molecule has 0 aliphatic carbocycles. The molecule has 2 aromatic carbocycles. The zero-order valence-corrected chi connectivity index (χ0v) is 13.9. The molecule has 0 atom stereocenters. The normalized spacial score (nSPS) is 14.7. The first kappa shape index (κ1) is 15.8. The van der Waals surface area contributed by atoms with Gasteiger partial charge in [-0.25, -0.2) is 4.39 Å². The Bertz CT molecular complexity index is 932. The fraction of sp³-hybridized carbons (Fsp3) is 0.238. The topological polar surface area (TPSA) is 33.2 Å². The Balaban J connectivity index is 1.66. The van der Waals surface area contributed by atoms with Crippen LogP contribution in [-0.4, -0.2) is 28.9 Å². The fourth-order valence-electron chi connectivity index (χ4n) is 3.36. The molecule has 0 N–H and O–H groups in total. The van der Waals surface area contributed by atoms with E-state index in [2.05, 4.69) is 4.98 Å². The molecular formula is C21H19FN2O. The van der Waals surface area contributed by atoms with E-state index < -0.39 is 0 Å². The van der Waals surface area contributed by atoms with Gasteiger partial charge in [-0.05, 0) is 55.2 Å². The number of pyridine rings is 1. The van der Waals surface area contributed by atoms with Crippen molar-refractivity contribution in [1.29, 1.82) is 0 Å². The second-order valence-corrected chi connectivity index (χ2v) is 6.49. The quantitative estimate of drug-likeness (QED) is 0.682. The summed E-state index contributed by atoms with van der Waals surface area (Å²) in [6.45, 7) is 1.68. The van der Waals surface area contributed by atoms with E-state index in [9.17, 15) is 9.18 Å². The molecule has 1 amide bonds. The van der Waals surface area contributed by atoms with Crippen LogP contribution >= 0.6 is 0 Å². The molecule has 4 rings (SSSR count). The fourth-order valence-corrected chi connectivity index (χ4v) is 3.36. The number of aromatic nitrogens is 1. The lowest BCUT2D eigenvalue weighted by atomic mass is 10.0. The monoisotopic (exact) mass is 334 g/mol. The predicted molar refractivity (Wildman–Crippen MR) is 96.9 cm³/mol. The van der Waals surface area contributed by atoms with Crippen molar-refractivity contribution in [3.8, 4) is 11.1 Å². The van der Waals surface area contributed by atoms with Crippen LogP contribution in [0.5, 0.6) is 0 Å². The molecule has 2 heterocycles. The molecule has 4 heteroatoms. The van der Waals surface area contributed by atoms with Gasteiger partial charge >= 0.3 is 0 Å². The third-order valence-electron chi connectivity index (χ3n) is 4.73. The van der Waals surface area contributed by atoms with Crippen molar-refractivity contribution >= 4 is 16.8 Å². The molecule has 0 spiro atoms. The van der Waals surface area contributed by atoms with E-state index in [-0.39, 0.29) is 11.7 Å². The number of hydrogen-bond acceptors (Lipinski definition) is 2. The van der Waals surface area contributed by atoms with E-state index >= 15 is 0 Å². The summed E-state index contributed by atoms with van der Waals surface area (Å²) in [6, 6.07) is 14.2. The van der Waals surface area contributed by atoms with Gasteiger partial charge in [0.25, 0.3) is 5.91 Å². The Labute approximate surface area is 146 Å². The molecule has 0 saturated carbocycles. The van der Waals surface area contributed by atoms with Crippen LogP contribution in [0.3, 0.4) is 0 Å². The summed E-state index contributed by atoms with van der Waals surface area (Å²) in [5, 5.41) is 0.881. The van der Waals surface area contributed by atoms with Crippen molar-refractivity contribution in [2.24, 2.45) is 0 Å². The van der Waals surface area contributed by atoms with Gasteiger partial charge < -0.3 is 4.90 Å². The Morgan fingerprint density at radius 2 is 1.80 bits per heavy atom. The van der Waals surface area contributed by atoms with Crippen molar-refractivity contribution in [1.82, 2.24) is 9.88 Å². The molecule has 1 aliphatic rings. The number of fused-ring (bicyclic) bond motifs is 1. The van der Waals surface area contributed by atoms with Gasteiger partial charge in [-0.3, -0.25) is 9.78 Å². The summed E-state index contributed by atoms with van der Waals surface area (Å²) >= 11 is 0. The molecule has 0 bridgehead atoms. The molecule has 1 aromatic heterocycles. The summed E-state index contributed by atoms with van der Waals surface area (Å²) in [7, 11) is 0. The van der Waals surface area contributed by atoms with E-state index in [1.54, 1.807) is 12.3 Å². The predicted octanol–water partition coefficient (Wildman–Crippen LogP) is 4.67. The van der Waals surface area contributed by atoms with E-state index in [0.29, 0.717) is 11.1 Å². The first-order chi connectivity index (χ1) is 12.2. The van der Waals surface area contributed by atoms with Crippen molar-refractivity contribution in [3.05, 3.63) is 66.1 Å². The summed E-state index contributed by atoms with van der Waals surface area (Å²) in [5.74, 6) is -0.195. The van der Waals surface area contributed by atoms with Crippen LogP contribution < -0.4 is 0 Å². The lowest BCUT2D eigenvalue weighted by Gasteiger charge is -2.26.